The molecule has 0 spiro atoms. The van der Waals surface area contributed by atoms with E-state index in [-0.39, 0.29) is 5.54 Å². The molecule has 0 bridgehead atoms. The monoisotopic (exact) mass is 231 g/mol. The van der Waals surface area contributed by atoms with Crippen LogP contribution in [-0.2, 0) is 5.54 Å². The van der Waals surface area contributed by atoms with Gasteiger partial charge in [0.05, 0.1) is 5.52 Å². The number of nitrogens with zero attached hydrogens (tertiary/aromatic N) is 1. The topological polar surface area (TPSA) is 42.2 Å². The second-order valence-corrected chi connectivity index (χ2v) is 5.35. The summed E-state index contributed by atoms with van der Waals surface area (Å²) in [6.07, 6.45) is 0. The number of aromatic carboxylic acids is 1. The lowest BCUT2D eigenvalue weighted by Gasteiger charge is -2.25. The van der Waals surface area contributed by atoms with Crippen molar-refractivity contribution >= 4 is 16.9 Å². The fourth-order valence-corrected chi connectivity index (χ4v) is 2.29. The van der Waals surface area contributed by atoms with Crippen molar-refractivity contribution in [2.75, 3.05) is 0 Å². The molecule has 0 saturated carbocycles. The Morgan fingerprint density at radius 3 is 2.47 bits per heavy atom. The smallest absolute Gasteiger partial charge is 0.352 e. The number of carboxylic acid groups (broad SMARTS) is 1. The van der Waals surface area contributed by atoms with E-state index >= 15 is 0 Å². The van der Waals surface area contributed by atoms with Crippen molar-refractivity contribution in [1.82, 2.24) is 4.57 Å². The van der Waals surface area contributed by atoms with E-state index in [2.05, 4.69) is 0 Å². The van der Waals surface area contributed by atoms with Crippen LogP contribution in [0.3, 0.4) is 0 Å². The Labute approximate surface area is 101 Å². The summed E-state index contributed by atoms with van der Waals surface area (Å²) in [6.45, 7) is 8.07. The Kier molecular flexibility index (Phi) is 2.49. The molecule has 2 aromatic rings. The molecular weight excluding hydrogens is 214 g/mol. The van der Waals surface area contributed by atoms with Gasteiger partial charge in [-0.2, -0.15) is 0 Å². The van der Waals surface area contributed by atoms with Crippen LogP contribution >= 0.6 is 0 Å². The molecule has 0 fully saturated rings. The highest BCUT2D eigenvalue weighted by molar-refractivity contribution is 5.96. The summed E-state index contributed by atoms with van der Waals surface area (Å²) in [5.74, 6) is -0.879. The minimum atomic E-state index is -0.879. The zero-order valence-electron chi connectivity index (χ0n) is 10.6. The fourth-order valence-electron chi connectivity index (χ4n) is 2.29. The van der Waals surface area contributed by atoms with Gasteiger partial charge in [-0.1, -0.05) is 18.2 Å². The maximum atomic E-state index is 11.3. The molecule has 0 aliphatic carbocycles. The number of carboxylic acids is 1. The molecule has 0 radical (unpaired) electrons. The van der Waals surface area contributed by atoms with Crippen molar-refractivity contribution in [2.24, 2.45) is 0 Å². The summed E-state index contributed by atoms with van der Waals surface area (Å²) in [4.78, 5) is 11.3. The minimum Gasteiger partial charge on any atom is -0.477 e. The average Bonchev–Trinajstić information content (AvgIpc) is 2.57. The summed E-state index contributed by atoms with van der Waals surface area (Å²) in [7, 11) is 0. The molecule has 3 heteroatoms. The summed E-state index contributed by atoms with van der Waals surface area (Å²) < 4.78 is 1.90. The van der Waals surface area contributed by atoms with Crippen LogP contribution in [0.5, 0.6) is 0 Å². The average molecular weight is 231 g/mol. The third-order valence-electron chi connectivity index (χ3n) is 2.92. The third kappa shape index (κ3) is 1.82. The maximum absolute atomic E-state index is 11.3. The number of aryl methyl sites for hydroxylation is 1. The van der Waals surface area contributed by atoms with E-state index in [4.69, 9.17) is 0 Å². The predicted molar refractivity (Wildman–Crippen MR) is 68.6 cm³/mol. The lowest BCUT2D eigenvalue weighted by atomic mass is 10.1. The van der Waals surface area contributed by atoms with Gasteiger partial charge in [0.1, 0.15) is 5.69 Å². The molecule has 0 unspecified atom stereocenters. The molecule has 2 rings (SSSR count). The molecule has 0 aliphatic rings. The molecule has 0 amide bonds. The highest BCUT2D eigenvalue weighted by Crippen LogP contribution is 2.29. The van der Waals surface area contributed by atoms with Crippen LogP contribution in [0.4, 0.5) is 0 Å². The fraction of sp³-hybridized carbons (Fsp3) is 0.357. The first-order valence-electron chi connectivity index (χ1n) is 5.67. The van der Waals surface area contributed by atoms with Crippen LogP contribution in [0.2, 0.25) is 0 Å². The number of aromatic nitrogens is 1. The Bertz CT molecular complexity index is 588. The Morgan fingerprint density at radius 1 is 1.29 bits per heavy atom. The third-order valence-corrected chi connectivity index (χ3v) is 2.92. The van der Waals surface area contributed by atoms with E-state index in [0.29, 0.717) is 5.69 Å². The van der Waals surface area contributed by atoms with E-state index in [0.717, 1.165) is 16.5 Å². The van der Waals surface area contributed by atoms with Gasteiger partial charge in [-0.3, -0.25) is 0 Å². The first-order valence-corrected chi connectivity index (χ1v) is 5.67. The van der Waals surface area contributed by atoms with Gasteiger partial charge in [0.2, 0.25) is 0 Å². The number of para-hydroxylation sites is 1. The van der Waals surface area contributed by atoms with Gasteiger partial charge in [-0.05, 0) is 39.3 Å². The molecule has 0 atom stereocenters. The Hall–Kier alpha value is -1.77. The number of hydrogen-bond acceptors (Lipinski definition) is 1. The van der Waals surface area contributed by atoms with Crippen LogP contribution in [0.25, 0.3) is 10.9 Å². The quantitative estimate of drug-likeness (QED) is 0.817. The van der Waals surface area contributed by atoms with Gasteiger partial charge < -0.3 is 9.67 Å². The van der Waals surface area contributed by atoms with Crippen molar-refractivity contribution in [3.8, 4) is 0 Å². The van der Waals surface area contributed by atoms with Crippen molar-refractivity contribution < 1.29 is 9.90 Å². The van der Waals surface area contributed by atoms with Crippen LogP contribution in [-0.4, -0.2) is 15.6 Å². The van der Waals surface area contributed by atoms with E-state index < -0.39 is 5.97 Å². The van der Waals surface area contributed by atoms with Crippen molar-refractivity contribution in [2.45, 2.75) is 33.2 Å². The minimum absolute atomic E-state index is 0.248. The molecule has 1 aromatic carbocycles. The number of fused-ring (bicyclic) bond motifs is 1. The summed E-state index contributed by atoms with van der Waals surface area (Å²) in [6, 6.07) is 7.67. The molecule has 0 saturated heterocycles. The lowest BCUT2D eigenvalue weighted by Crippen LogP contribution is -2.25. The maximum Gasteiger partial charge on any atom is 0.352 e. The molecule has 3 nitrogen and oxygen atoms in total. The van der Waals surface area contributed by atoms with Crippen molar-refractivity contribution in [3.63, 3.8) is 0 Å². The number of carbonyl (C=O) groups is 1. The molecule has 1 N–H and O–H groups in total. The first-order chi connectivity index (χ1) is 7.82. The van der Waals surface area contributed by atoms with E-state index in [1.807, 2.05) is 50.5 Å². The number of benzene rings is 1. The Balaban J connectivity index is 2.93. The SMILES string of the molecule is Cc1cccc2cc(C(=O)O)n(C(C)(C)C)c12. The molecule has 90 valence electrons. The van der Waals surface area contributed by atoms with Crippen LogP contribution in [0, 0.1) is 6.92 Å². The normalized spacial score (nSPS) is 12.0. The van der Waals surface area contributed by atoms with Gasteiger partial charge in [0.25, 0.3) is 0 Å². The molecular formula is C14H17NO2. The molecule has 1 aromatic heterocycles. The van der Waals surface area contributed by atoms with Gasteiger partial charge in [-0.15, -0.1) is 0 Å². The molecule has 17 heavy (non-hydrogen) atoms. The highest BCUT2D eigenvalue weighted by atomic mass is 16.4. The zero-order valence-corrected chi connectivity index (χ0v) is 10.6. The molecule has 1 heterocycles. The summed E-state index contributed by atoms with van der Waals surface area (Å²) in [5, 5.41) is 10.3. The molecule has 0 aliphatic heterocycles. The summed E-state index contributed by atoms with van der Waals surface area (Å²) >= 11 is 0. The standard InChI is InChI=1S/C14H17NO2/c1-9-6-5-7-10-8-11(13(16)17)15(12(9)10)14(2,3)4/h5-8H,1-4H3,(H,16,17). The van der Waals surface area contributed by atoms with Gasteiger partial charge >= 0.3 is 5.97 Å². The second kappa shape index (κ2) is 3.62. The van der Waals surface area contributed by atoms with E-state index in [1.165, 1.54) is 0 Å². The Morgan fingerprint density at radius 2 is 1.94 bits per heavy atom. The van der Waals surface area contributed by atoms with Gasteiger partial charge in [0.15, 0.2) is 0 Å². The lowest BCUT2D eigenvalue weighted by molar-refractivity contribution is 0.0679. The number of rotatable bonds is 1. The van der Waals surface area contributed by atoms with Crippen molar-refractivity contribution in [1.29, 1.82) is 0 Å². The van der Waals surface area contributed by atoms with Crippen molar-refractivity contribution in [3.05, 3.63) is 35.5 Å². The zero-order chi connectivity index (χ0) is 12.8. The largest absolute Gasteiger partial charge is 0.477 e. The first kappa shape index (κ1) is 11.7. The van der Waals surface area contributed by atoms with E-state index in [1.54, 1.807) is 6.07 Å². The van der Waals surface area contributed by atoms with Crippen LogP contribution in [0.1, 0.15) is 36.8 Å². The van der Waals surface area contributed by atoms with Crippen LogP contribution in [0.15, 0.2) is 24.3 Å². The van der Waals surface area contributed by atoms with Gasteiger partial charge in [-0.25, -0.2) is 4.79 Å². The van der Waals surface area contributed by atoms with Gasteiger partial charge in [0, 0.05) is 10.9 Å². The number of hydrogen-bond donors (Lipinski definition) is 1. The second-order valence-electron chi connectivity index (χ2n) is 5.35. The van der Waals surface area contributed by atoms with E-state index in [9.17, 15) is 9.90 Å². The highest BCUT2D eigenvalue weighted by Gasteiger charge is 2.24. The van der Waals surface area contributed by atoms with Crippen LogP contribution < -0.4 is 0 Å². The summed E-state index contributed by atoms with van der Waals surface area (Å²) in [5.41, 5.74) is 2.21. The predicted octanol–water partition coefficient (Wildman–Crippen LogP) is 3.40.